The van der Waals surface area contributed by atoms with E-state index in [9.17, 15) is 10.1 Å². The van der Waals surface area contributed by atoms with E-state index in [-0.39, 0.29) is 10.6 Å². The SMILES string of the molecule is CCCn1cnc2c([N+](=O)[O-])c(C)c(C)cc21. The van der Waals surface area contributed by atoms with Gasteiger partial charge in [0.1, 0.15) is 0 Å². The first-order chi connectivity index (χ1) is 8.06. The molecule has 0 aliphatic carbocycles. The lowest BCUT2D eigenvalue weighted by Crippen LogP contribution is -1.98. The van der Waals surface area contributed by atoms with Crippen LogP contribution >= 0.6 is 0 Å². The van der Waals surface area contributed by atoms with Gasteiger partial charge in [0.25, 0.3) is 5.69 Å². The summed E-state index contributed by atoms with van der Waals surface area (Å²) >= 11 is 0. The Bertz CT molecular complexity index is 587. The Morgan fingerprint density at radius 3 is 2.76 bits per heavy atom. The zero-order chi connectivity index (χ0) is 12.6. The number of imidazole rings is 1. The Morgan fingerprint density at radius 1 is 1.47 bits per heavy atom. The lowest BCUT2D eigenvalue weighted by Gasteiger charge is -2.05. The van der Waals surface area contributed by atoms with Crippen LogP contribution in [0.5, 0.6) is 0 Å². The van der Waals surface area contributed by atoms with Gasteiger partial charge in [0.2, 0.25) is 0 Å². The van der Waals surface area contributed by atoms with Gasteiger partial charge in [-0.15, -0.1) is 0 Å². The molecular weight excluding hydrogens is 218 g/mol. The van der Waals surface area contributed by atoms with Crippen molar-refractivity contribution in [3.05, 3.63) is 33.6 Å². The fraction of sp³-hybridized carbons (Fsp3) is 0.417. The summed E-state index contributed by atoms with van der Waals surface area (Å²) in [5.41, 5.74) is 3.11. The summed E-state index contributed by atoms with van der Waals surface area (Å²) in [7, 11) is 0. The van der Waals surface area contributed by atoms with Crippen LogP contribution in [0.2, 0.25) is 0 Å². The molecule has 0 aliphatic heterocycles. The number of nitro groups is 1. The summed E-state index contributed by atoms with van der Waals surface area (Å²) in [5, 5.41) is 11.1. The standard InChI is InChI=1S/C12H15N3O2/c1-4-5-14-7-13-11-10(14)6-8(2)9(3)12(11)15(16)17/h6-7H,4-5H2,1-3H3. The van der Waals surface area contributed by atoms with E-state index in [2.05, 4.69) is 11.9 Å². The number of aryl methyl sites for hydroxylation is 2. The average Bonchev–Trinajstić information content (AvgIpc) is 2.63. The predicted octanol–water partition coefficient (Wildman–Crippen LogP) is 2.97. The van der Waals surface area contributed by atoms with E-state index in [0.717, 1.165) is 24.0 Å². The van der Waals surface area contributed by atoms with Crippen molar-refractivity contribution in [1.82, 2.24) is 9.55 Å². The number of aromatic nitrogens is 2. The maximum Gasteiger partial charge on any atom is 0.300 e. The third-order valence-corrected chi connectivity index (χ3v) is 3.05. The highest BCUT2D eigenvalue weighted by Crippen LogP contribution is 2.30. The first-order valence-corrected chi connectivity index (χ1v) is 5.65. The van der Waals surface area contributed by atoms with Crippen LogP contribution in [0.3, 0.4) is 0 Å². The largest absolute Gasteiger partial charge is 0.330 e. The number of fused-ring (bicyclic) bond motifs is 1. The molecule has 2 aromatic rings. The highest BCUT2D eigenvalue weighted by atomic mass is 16.6. The first kappa shape index (κ1) is 11.6. The van der Waals surface area contributed by atoms with Gasteiger partial charge in [-0.05, 0) is 31.9 Å². The van der Waals surface area contributed by atoms with Crippen molar-refractivity contribution >= 4 is 16.7 Å². The van der Waals surface area contributed by atoms with Crippen LogP contribution in [0.25, 0.3) is 11.0 Å². The maximum absolute atomic E-state index is 11.1. The van der Waals surface area contributed by atoms with Gasteiger partial charge in [0.05, 0.1) is 16.8 Å². The zero-order valence-corrected chi connectivity index (χ0v) is 10.2. The van der Waals surface area contributed by atoms with E-state index < -0.39 is 0 Å². The second-order valence-electron chi connectivity index (χ2n) is 4.23. The molecule has 1 heterocycles. The molecule has 0 atom stereocenters. The number of rotatable bonds is 3. The minimum absolute atomic E-state index is 0.134. The van der Waals surface area contributed by atoms with Crippen LogP contribution < -0.4 is 0 Å². The molecule has 0 fully saturated rings. The number of nitrogens with zero attached hydrogens (tertiary/aromatic N) is 3. The van der Waals surface area contributed by atoms with E-state index in [1.54, 1.807) is 13.3 Å². The van der Waals surface area contributed by atoms with Crippen molar-refractivity contribution < 1.29 is 4.92 Å². The van der Waals surface area contributed by atoms with Crippen molar-refractivity contribution in [2.24, 2.45) is 0 Å². The van der Waals surface area contributed by atoms with Gasteiger partial charge >= 0.3 is 0 Å². The van der Waals surface area contributed by atoms with Gasteiger partial charge in [-0.1, -0.05) is 6.92 Å². The van der Waals surface area contributed by atoms with Crippen LogP contribution in [0.1, 0.15) is 24.5 Å². The summed E-state index contributed by atoms with van der Waals surface area (Å²) in [5.74, 6) is 0. The highest BCUT2D eigenvalue weighted by Gasteiger charge is 2.21. The molecule has 0 unspecified atom stereocenters. The van der Waals surface area contributed by atoms with E-state index in [1.165, 1.54) is 0 Å². The zero-order valence-electron chi connectivity index (χ0n) is 10.2. The number of benzene rings is 1. The molecule has 5 nitrogen and oxygen atoms in total. The van der Waals surface area contributed by atoms with Gasteiger partial charge in [0, 0.05) is 12.1 Å². The molecule has 0 N–H and O–H groups in total. The minimum atomic E-state index is -0.339. The van der Waals surface area contributed by atoms with Crippen molar-refractivity contribution in [3.63, 3.8) is 0 Å². The quantitative estimate of drug-likeness (QED) is 0.604. The van der Waals surface area contributed by atoms with Crippen molar-refractivity contribution in [2.75, 3.05) is 0 Å². The summed E-state index contributed by atoms with van der Waals surface area (Å²) < 4.78 is 1.97. The number of nitro benzene ring substituents is 1. The minimum Gasteiger partial charge on any atom is -0.330 e. The molecule has 0 aliphatic rings. The van der Waals surface area contributed by atoms with Gasteiger partial charge in [-0.2, -0.15) is 0 Å². The van der Waals surface area contributed by atoms with Crippen molar-refractivity contribution in [3.8, 4) is 0 Å². The smallest absolute Gasteiger partial charge is 0.300 e. The lowest BCUT2D eigenvalue weighted by molar-refractivity contribution is -0.383. The Kier molecular flexibility index (Phi) is 2.83. The molecule has 2 rings (SSSR count). The van der Waals surface area contributed by atoms with Crippen LogP contribution in [0.15, 0.2) is 12.4 Å². The lowest BCUT2D eigenvalue weighted by atomic mass is 10.1. The molecule has 0 saturated heterocycles. The van der Waals surface area contributed by atoms with Gasteiger partial charge in [-0.25, -0.2) is 4.98 Å². The molecule has 1 aromatic heterocycles. The molecule has 0 spiro atoms. The molecule has 0 bridgehead atoms. The molecule has 90 valence electrons. The second kappa shape index (κ2) is 4.16. The van der Waals surface area contributed by atoms with Crippen LogP contribution in [0.4, 0.5) is 5.69 Å². The summed E-state index contributed by atoms with van der Waals surface area (Å²) in [6.07, 6.45) is 2.66. The fourth-order valence-corrected chi connectivity index (χ4v) is 2.05. The third-order valence-electron chi connectivity index (χ3n) is 3.05. The summed E-state index contributed by atoms with van der Waals surface area (Å²) in [6, 6.07) is 1.97. The number of hydrogen-bond acceptors (Lipinski definition) is 3. The molecule has 5 heteroatoms. The summed E-state index contributed by atoms with van der Waals surface area (Å²) in [6.45, 7) is 6.56. The molecule has 0 radical (unpaired) electrons. The van der Waals surface area contributed by atoms with Crippen molar-refractivity contribution in [1.29, 1.82) is 0 Å². The molecular formula is C12H15N3O2. The highest BCUT2D eigenvalue weighted by molar-refractivity contribution is 5.87. The van der Waals surface area contributed by atoms with Crippen LogP contribution in [0, 0.1) is 24.0 Å². The predicted molar refractivity (Wildman–Crippen MR) is 66.2 cm³/mol. The third kappa shape index (κ3) is 1.77. The maximum atomic E-state index is 11.1. The number of hydrogen-bond donors (Lipinski definition) is 0. The Hall–Kier alpha value is -1.91. The topological polar surface area (TPSA) is 61.0 Å². The normalized spacial score (nSPS) is 11.0. The van der Waals surface area contributed by atoms with E-state index in [1.807, 2.05) is 17.6 Å². The van der Waals surface area contributed by atoms with Crippen LogP contribution in [-0.2, 0) is 6.54 Å². The first-order valence-electron chi connectivity index (χ1n) is 5.65. The van der Waals surface area contributed by atoms with Gasteiger partial charge < -0.3 is 4.57 Å². The van der Waals surface area contributed by atoms with E-state index in [0.29, 0.717) is 11.1 Å². The fourth-order valence-electron chi connectivity index (χ4n) is 2.05. The van der Waals surface area contributed by atoms with Gasteiger partial charge in [0.15, 0.2) is 5.52 Å². The Morgan fingerprint density at radius 2 is 2.18 bits per heavy atom. The van der Waals surface area contributed by atoms with E-state index >= 15 is 0 Å². The second-order valence-corrected chi connectivity index (χ2v) is 4.23. The molecule has 17 heavy (non-hydrogen) atoms. The van der Waals surface area contributed by atoms with Gasteiger partial charge in [-0.3, -0.25) is 10.1 Å². The van der Waals surface area contributed by atoms with E-state index in [4.69, 9.17) is 0 Å². The molecule has 1 aromatic carbocycles. The Labute approximate surface area is 99.2 Å². The summed E-state index contributed by atoms with van der Waals surface area (Å²) in [4.78, 5) is 15.0. The molecule has 0 amide bonds. The molecule has 0 saturated carbocycles. The van der Waals surface area contributed by atoms with Crippen LogP contribution in [-0.4, -0.2) is 14.5 Å². The van der Waals surface area contributed by atoms with Crippen molar-refractivity contribution in [2.45, 2.75) is 33.7 Å². The monoisotopic (exact) mass is 233 g/mol. The Balaban J connectivity index is 2.79. The average molecular weight is 233 g/mol.